The van der Waals surface area contributed by atoms with Crippen LogP contribution in [0.3, 0.4) is 0 Å². The van der Waals surface area contributed by atoms with Gasteiger partial charge in [-0.3, -0.25) is 9.98 Å². The zero-order chi connectivity index (χ0) is 17.1. The second-order valence-electron chi connectivity index (χ2n) is 5.79. The number of nitrogens with two attached hydrogens (primary N) is 1. The molecule has 0 saturated heterocycles. The molecule has 5 nitrogen and oxygen atoms in total. The molecule has 0 bridgehead atoms. The molecule has 1 fully saturated rings. The van der Waals surface area contributed by atoms with Crippen LogP contribution in [0.1, 0.15) is 45.4 Å². The molecule has 2 unspecified atom stereocenters. The highest BCUT2D eigenvalue weighted by Gasteiger charge is 2.25. The van der Waals surface area contributed by atoms with Crippen molar-refractivity contribution in [2.24, 2.45) is 21.6 Å². The van der Waals surface area contributed by atoms with Crippen LogP contribution in [0.4, 0.5) is 0 Å². The van der Waals surface area contributed by atoms with Crippen molar-refractivity contribution >= 4 is 35.9 Å². The van der Waals surface area contributed by atoms with Crippen molar-refractivity contribution in [2.45, 2.75) is 51.5 Å². The molecule has 2 atom stereocenters. The Hall–Kier alpha value is -0.720. The molecular weight excluding hydrogens is 332 g/mol. The van der Waals surface area contributed by atoms with E-state index < -0.39 is 0 Å². The molecule has 132 valence electrons. The van der Waals surface area contributed by atoms with Crippen molar-refractivity contribution in [1.29, 1.82) is 0 Å². The lowest BCUT2D eigenvalue weighted by Gasteiger charge is -2.17. The maximum atomic E-state index is 8.95. The van der Waals surface area contributed by atoms with Crippen LogP contribution in [0, 0.1) is 5.92 Å². The molecular formula is C16H29ClN4OS. The van der Waals surface area contributed by atoms with Crippen molar-refractivity contribution in [3.05, 3.63) is 10.9 Å². The molecule has 0 spiro atoms. The summed E-state index contributed by atoms with van der Waals surface area (Å²) in [6.07, 6.45) is 6.41. The van der Waals surface area contributed by atoms with Crippen molar-refractivity contribution in [2.75, 3.05) is 18.2 Å². The Labute approximate surface area is 148 Å². The molecule has 0 radical (unpaired) electrons. The van der Waals surface area contributed by atoms with Gasteiger partial charge in [-0.15, -0.1) is 11.8 Å². The summed E-state index contributed by atoms with van der Waals surface area (Å²) in [5.74, 6) is 3.01. The lowest BCUT2D eigenvalue weighted by molar-refractivity contribution is 0.271. The Bertz CT molecular complexity index is 428. The van der Waals surface area contributed by atoms with Crippen molar-refractivity contribution in [1.82, 2.24) is 5.32 Å². The fourth-order valence-corrected chi connectivity index (χ4v) is 3.48. The molecule has 0 aliphatic heterocycles. The van der Waals surface area contributed by atoms with Crippen molar-refractivity contribution < 1.29 is 5.11 Å². The Morgan fingerprint density at radius 1 is 1.48 bits per heavy atom. The maximum absolute atomic E-state index is 8.95. The van der Waals surface area contributed by atoms with Crippen LogP contribution in [0.2, 0.25) is 0 Å². The van der Waals surface area contributed by atoms with Crippen LogP contribution in [0.25, 0.3) is 0 Å². The van der Waals surface area contributed by atoms with E-state index in [9.17, 15) is 0 Å². The van der Waals surface area contributed by atoms with Gasteiger partial charge >= 0.3 is 0 Å². The fraction of sp³-hybridized carbons (Fsp3) is 0.750. The second-order valence-corrected chi connectivity index (χ2v) is 7.23. The number of hydrogen-bond acceptors (Lipinski definition) is 5. The van der Waals surface area contributed by atoms with Crippen molar-refractivity contribution in [3.8, 4) is 0 Å². The third-order valence-corrected chi connectivity index (χ3v) is 5.26. The first-order chi connectivity index (χ1) is 11.1. The largest absolute Gasteiger partial charge is 0.396 e. The van der Waals surface area contributed by atoms with E-state index in [-0.39, 0.29) is 11.8 Å². The van der Waals surface area contributed by atoms with Crippen LogP contribution < -0.4 is 11.1 Å². The summed E-state index contributed by atoms with van der Waals surface area (Å²) in [6, 6.07) is 0.349. The number of hydrogen-bond donors (Lipinski definition) is 3. The highest BCUT2D eigenvalue weighted by molar-refractivity contribution is 7.99. The van der Waals surface area contributed by atoms with Gasteiger partial charge in [0.2, 0.25) is 0 Å². The molecule has 23 heavy (non-hydrogen) atoms. The summed E-state index contributed by atoms with van der Waals surface area (Å²) in [5.41, 5.74) is 6.42. The second kappa shape index (κ2) is 11.8. The molecule has 0 amide bonds. The Morgan fingerprint density at radius 2 is 2.26 bits per heavy atom. The lowest BCUT2D eigenvalue weighted by atomic mass is 10.0. The standard InChI is InChI=1S/C16H29ClN4OS/c1-3-9-23-11-20-16(14(18)15(17)19-2)21-13-7-6-12(10-13)5-4-8-22/h12-13,22H,2-11,18H2,1H3,(H,20,21)/b15-14+. The smallest absolute Gasteiger partial charge is 0.155 e. The highest BCUT2D eigenvalue weighted by atomic mass is 35.5. The van der Waals surface area contributed by atoms with Crippen LogP contribution >= 0.6 is 23.4 Å². The fourth-order valence-electron chi connectivity index (χ4n) is 2.75. The molecule has 1 rings (SSSR count). The normalized spacial score (nSPS) is 22.8. The summed E-state index contributed by atoms with van der Waals surface area (Å²) in [5, 5.41) is 12.6. The van der Waals surface area contributed by atoms with Crippen LogP contribution in [-0.2, 0) is 0 Å². The predicted octanol–water partition coefficient (Wildman–Crippen LogP) is 3.08. The van der Waals surface area contributed by atoms with Gasteiger partial charge in [-0.2, -0.15) is 0 Å². The molecule has 0 aromatic carbocycles. The summed E-state index contributed by atoms with van der Waals surface area (Å²) in [6.45, 7) is 5.84. The number of halogens is 1. The third-order valence-electron chi connectivity index (χ3n) is 3.93. The van der Waals surface area contributed by atoms with E-state index in [0.29, 0.717) is 29.4 Å². The van der Waals surface area contributed by atoms with Gasteiger partial charge in [0.25, 0.3) is 0 Å². The van der Waals surface area contributed by atoms with Gasteiger partial charge in [0, 0.05) is 12.6 Å². The predicted molar refractivity (Wildman–Crippen MR) is 102 cm³/mol. The number of amidine groups is 1. The number of aliphatic hydroxyl groups excluding tert-OH is 1. The minimum atomic E-state index is 0.187. The van der Waals surface area contributed by atoms with Gasteiger partial charge in [-0.1, -0.05) is 18.5 Å². The molecule has 1 aliphatic carbocycles. The number of thioether (sulfide) groups is 1. The quantitative estimate of drug-likeness (QED) is 0.242. The first-order valence-corrected chi connectivity index (χ1v) is 9.77. The van der Waals surface area contributed by atoms with Crippen LogP contribution in [-0.4, -0.2) is 41.9 Å². The topological polar surface area (TPSA) is 83.0 Å². The molecule has 0 aromatic rings. The molecule has 1 aliphatic rings. The summed E-state index contributed by atoms with van der Waals surface area (Å²) >= 11 is 7.77. The van der Waals surface area contributed by atoms with Crippen molar-refractivity contribution in [3.63, 3.8) is 0 Å². The summed E-state index contributed by atoms with van der Waals surface area (Å²) in [7, 11) is 0. The van der Waals surface area contributed by atoms with E-state index in [1.165, 1.54) is 6.42 Å². The zero-order valence-corrected chi connectivity index (χ0v) is 15.5. The minimum absolute atomic E-state index is 0.187. The summed E-state index contributed by atoms with van der Waals surface area (Å²) < 4.78 is 0. The van der Waals surface area contributed by atoms with E-state index in [2.05, 4.69) is 28.9 Å². The molecule has 1 saturated carbocycles. The maximum Gasteiger partial charge on any atom is 0.155 e. The average Bonchev–Trinajstić information content (AvgIpc) is 3.01. The lowest BCUT2D eigenvalue weighted by Crippen LogP contribution is -2.37. The molecule has 7 heteroatoms. The van der Waals surface area contributed by atoms with Gasteiger partial charge in [0.05, 0.1) is 5.88 Å². The van der Waals surface area contributed by atoms with Gasteiger partial charge in [-0.05, 0) is 56.9 Å². The summed E-state index contributed by atoms with van der Waals surface area (Å²) in [4.78, 5) is 8.25. The van der Waals surface area contributed by atoms with Crippen LogP contribution in [0.5, 0.6) is 0 Å². The first kappa shape index (κ1) is 20.3. The number of nitrogens with zero attached hydrogens (tertiary/aromatic N) is 2. The van der Waals surface area contributed by atoms with E-state index in [1.54, 1.807) is 11.8 Å². The molecule has 0 aromatic heterocycles. The van der Waals surface area contributed by atoms with Gasteiger partial charge in [-0.25, -0.2) is 0 Å². The third kappa shape index (κ3) is 7.59. The number of aliphatic imine (C=N–C) groups is 2. The first-order valence-electron chi connectivity index (χ1n) is 8.24. The molecule has 0 heterocycles. The SMILES string of the molecule is C=N/C(Cl)=C(N)\C(=N/CSCCC)NC1CCC(CCCO)C1. The average molecular weight is 361 g/mol. The zero-order valence-electron chi connectivity index (χ0n) is 13.9. The van der Waals surface area contributed by atoms with Gasteiger partial charge in [0.1, 0.15) is 11.5 Å². The number of rotatable bonds is 10. The van der Waals surface area contributed by atoms with Gasteiger partial charge in [0.15, 0.2) is 5.16 Å². The molecule has 4 N–H and O–H groups in total. The monoisotopic (exact) mass is 360 g/mol. The van der Waals surface area contributed by atoms with E-state index in [1.807, 2.05) is 0 Å². The Kier molecular flexibility index (Phi) is 10.4. The number of aliphatic hydroxyl groups is 1. The highest BCUT2D eigenvalue weighted by Crippen LogP contribution is 2.29. The van der Waals surface area contributed by atoms with E-state index >= 15 is 0 Å². The number of nitrogens with one attached hydrogen (secondary N) is 1. The van der Waals surface area contributed by atoms with Gasteiger partial charge < -0.3 is 16.2 Å². The van der Waals surface area contributed by atoms with E-state index in [4.69, 9.17) is 22.4 Å². The Morgan fingerprint density at radius 3 is 2.91 bits per heavy atom. The van der Waals surface area contributed by atoms with Crippen LogP contribution in [0.15, 0.2) is 20.8 Å². The minimum Gasteiger partial charge on any atom is -0.396 e. The van der Waals surface area contributed by atoms with E-state index in [0.717, 1.165) is 37.9 Å². The Balaban J connectivity index is 2.64.